The molecule has 0 fully saturated rings. The van der Waals surface area contributed by atoms with E-state index in [1.165, 1.54) is 0 Å². The van der Waals surface area contributed by atoms with Crippen LogP contribution in [0.1, 0.15) is 41.4 Å². The van der Waals surface area contributed by atoms with Crippen LogP contribution in [0.5, 0.6) is 5.75 Å². The number of aliphatic hydroxyl groups is 1. The van der Waals surface area contributed by atoms with Gasteiger partial charge in [0, 0.05) is 11.1 Å². The van der Waals surface area contributed by atoms with Gasteiger partial charge in [-0.1, -0.05) is 18.2 Å². The van der Waals surface area contributed by atoms with Crippen LogP contribution >= 0.6 is 0 Å². The summed E-state index contributed by atoms with van der Waals surface area (Å²) in [7, 11) is 0. The number of nitrogens with zero attached hydrogens (tertiary/aromatic N) is 1. The molecule has 2 aromatic carbocycles. The van der Waals surface area contributed by atoms with Crippen molar-refractivity contribution < 1.29 is 14.6 Å². The van der Waals surface area contributed by atoms with E-state index in [4.69, 9.17) is 10.00 Å². The van der Waals surface area contributed by atoms with Crippen molar-refractivity contribution in [2.75, 3.05) is 0 Å². The fraction of sp³-hybridized carbons (Fsp3) is 0.263. The van der Waals surface area contributed by atoms with Gasteiger partial charge in [-0.15, -0.1) is 0 Å². The number of nitriles is 1. The van der Waals surface area contributed by atoms with Crippen LogP contribution in [0.25, 0.3) is 0 Å². The lowest BCUT2D eigenvalue weighted by Crippen LogP contribution is -2.57. The summed E-state index contributed by atoms with van der Waals surface area (Å²) in [6.45, 7) is 3.63. The van der Waals surface area contributed by atoms with Crippen LogP contribution in [0.15, 0.2) is 48.5 Å². The van der Waals surface area contributed by atoms with Crippen LogP contribution in [-0.2, 0) is 0 Å². The maximum absolute atomic E-state index is 12.5. The Labute approximate surface area is 140 Å². The molecule has 1 amide bonds. The highest BCUT2D eigenvalue weighted by atomic mass is 16.5. The van der Waals surface area contributed by atoms with E-state index >= 15 is 0 Å². The van der Waals surface area contributed by atoms with Crippen LogP contribution < -0.4 is 10.1 Å². The number of aliphatic hydroxyl groups excluding tert-OH is 1. The van der Waals surface area contributed by atoms with Crippen molar-refractivity contribution in [3.8, 4) is 11.8 Å². The highest BCUT2D eigenvalue weighted by molar-refractivity contribution is 5.94. The second-order valence-electron chi connectivity index (χ2n) is 6.33. The molecule has 1 aliphatic heterocycles. The largest absolute Gasteiger partial charge is 0.485 e. The molecule has 5 nitrogen and oxygen atoms in total. The summed E-state index contributed by atoms with van der Waals surface area (Å²) >= 11 is 0. The standard InChI is InChI=1S/C19H18N2O3/c1-19(2)17(21-18(23)13-6-4-3-5-7-13)16(22)14-10-12(11-20)8-9-15(14)24-19/h3-10,16-17,22H,1-2H3,(H,21,23)/t16-,17+/m0/s1. The first kappa shape index (κ1) is 16.0. The van der Waals surface area contributed by atoms with Gasteiger partial charge >= 0.3 is 0 Å². The first-order valence-corrected chi connectivity index (χ1v) is 7.69. The fourth-order valence-electron chi connectivity index (χ4n) is 2.92. The minimum absolute atomic E-state index is 0.281. The molecular formula is C19H18N2O3. The van der Waals surface area contributed by atoms with E-state index in [1.807, 2.05) is 26.0 Å². The van der Waals surface area contributed by atoms with Gasteiger partial charge < -0.3 is 15.2 Å². The van der Waals surface area contributed by atoms with Gasteiger partial charge in [0.15, 0.2) is 0 Å². The molecule has 0 aromatic heterocycles. The van der Waals surface area contributed by atoms with Gasteiger partial charge in [-0.25, -0.2) is 0 Å². The Morgan fingerprint density at radius 1 is 1.25 bits per heavy atom. The highest BCUT2D eigenvalue weighted by Gasteiger charge is 2.44. The molecule has 0 unspecified atom stereocenters. The summed E-state index contributed by atoms with van der Waals surface area (Å²) in [5.41, 5.74) is 0.651. The van der Waals surface area contributed by atoms with E-state index in [0.29, 0.717) is 22.4 Å². The Morgan fingerprint density at radius 3 is 2.62 bits per heavy atom. The van der Waals surface area contributed by atoms with E-state index in [2.05, 4.69) is 5.32 Å². The number of carbonyl (C=O) groups excluding carboxylic acids is 1. The molecule has 0 saturated heterocycles. The van der Waals surface area contributed by atoms with Crippen LogP contribution in [0.4, 0.5) is 0 Å². The lowest BCUT2D eigenvalue weighted by molar-refractivity contribution is -0.0253. The Bertz CT molecular complexity index is 809. The second-order valence-corrected chi connectivity index (χ2v) is 6.33. The summed E-state index contributed by atoms with van der Waals surface area (Å²) in [5, 5.41) is 22.7. The van der Waals surface area contributed by atoms with Crippen molar-refractivity contribution in [2.45, 2.75) is 31.6 Å². The van der Waals surface area contributed by atoms with Crippen LogP contribution in [0, 0.1) is 11.3 Å². The normalized spacial score (nSPS) is 21.1. The van der Waals surface area contributed by atoms with Gasteiger partial charge in [-0.05, 0) is 44.2 Å². The van der Waals surface area contributed by atoms with Crippen LogP contribution in [-0.4, -0.2) is 22.7 Å². The molecule has 1 aliphatic rings. The molecule has 2 N–H and O–H groups in total. The quantitative estimate of drug-likeness (QED) is 0.890. The van der Waals surface area contributed by atoms with Crippen LogP contribution in [0.2, 0.25) is 0 Å². The molecule has 5 heteroatoms. The van der Waals surface area contributed by atoms with Crippen molar-refractivity contribution in [1.82, 2.24) is 5.32 Å². The predicted molar refractivity (Wildman–Crippen MR) is 88.5 cm³/mol. The summed E-state index contributed by atoms with van der Waals surface area (Å²) in [6, 6.07) is 15.1. The third kappa shape index (κ3) is 2.84. The van der Waals surface area contributed by atoms with Gasteiger partial charge in [-0.2, -0.15) is 5.26 Å². The smallest absolute Gasteiger partial charge is 0.251 e. The van der Waals surface area contributed by atoms with E-state index < -0.39 is 17.7 Å². The van der Waals surface area contributed by atoms with Gasteiger partial charge in [0.25, 0.3) is 5.91 Å². The van der Waals surface area contributed by atoms with Crippen LogP contribution in [0.3, 0.4) is 0 Å². The molecule has 2 atom stereocenters. The number of rotatable bonds is 2. The summed E-state index contributed by atoms with van der Waals surface area (Å²) in [6.07, 6.45) is -0.968. The fourth-order valence-corrected chi connectivity index (χ4v) is 2.92. The van der Waals surface area contributed by atoms with Gasteiger partial charge in [0.2, 0.25) is 0 Å². The van der Waals surface area contributed by atoms with Crippen molar-refractivity contribution in [2.24, 2.45) is 0 Å². The van der Waals surface area contributed by atoms with E-state index in [0.717, 1.165) is 0 Å². The van der Waals surface area contributed by atoms with Gasteiger partial charge in [-0.3, -0.25) is 4.79 Å². The number of hydrogen-bond acceptors (Lipinski definition) is 4. The molecule has 2 aromatic rings. The summed E-state index contributed by atoms with van der Waals surface area (Å²) in [4.78, 5) is 12.5. The topological polar surface area (TPSA) is 82.3 Å². The molecular weight excluding hydrogens is 304 g/mol. The lowest BCUT2D eigenvalue weighted by atomic mass is 9.85. The maximum atomic E-state index is 12.5. The number of nitrogens with one attached hydrogen (secondary N) is 1. The third-order valence-electron chi connectivity index (χ3n) is 4.22. The number of ether oxygens (including phenoxy) is 1. The zero-order chi connectivity index (χ0) is 17.3. The number of benzene rings is 2. The molecule has 0 bridgehead atoms. The van der Waals surface area contributed by atoms with Crippen molar-refractivity contribution >= 4 is 5.91 Å². The third-order valence-corrected chi connectivity index (χ3v) is 4.22. The van der Waals surface area contributed by atoms with Gasteiger partial charge in [0.1, 0.15) is 17.5 Å². The SMILES string of the molecule is CC1(C)Oc2ccc(C#N)cc2[C@H](O)[C@H]1NC(=O)c1ccccc1. The Hall–Kier alpha value is -2.84. The van der Waals surface area contributed by atoms with Crippen molar-refractivity contribution in [1.29, 1.82) is 5.26 Å². The lowest BCUT2D eigenvalue weighted by Gasteiger charge is -2.43. The Balaban J connectivity index is 1.92. The summed E-state index contributed by atoms with van der Waals surface area (Å²) < 4.78 is 5.95. The zero-order valence-electron chi connectivity index (χ0n) is 13.5. The number of hydrogen-bond donors (Lipinski definition) is 2. The number of amides is 1. The number of fused-ring (bicyclic) bond motifs is 1. The van der Waals surface area contributed by atoms with Gasteiger partial charge in [0.05, 0.1) is 17.7 Å². The van der Waals surface area contributed by atoms with Crippen molar-refractivity contribution in [3.05, 3.63) is 65.2 Å². The molecule has 24 heavy (non-hydrogen) atoms. The predicted octanol–water partition coefficient (Wildman–Crippen LogP) is 2.56. The first-order valence-electron chi connectivity index (χ1n) is 7.69. The Morgan fingerprint density at radius 2 is 1.96 bits per heavy atom. The molecule has 3 rings (SSSR count). The number of carbonyl (C=O) groups is 1. The minimum Gasteiger partial charge on any atom is -0.485 e. The van der Waals surface area contributed by atoms with E-state index in [9.17, 15) is 9.90 Å². The molecule has 0 radical (unpaired) electrons. The maximum Gasteiger partial charge on any atom is 0.251 e. The molecule has 122 valence electrons. The average Bonchev–Trinajstić information content (AvgIpc) is 2.58. The molecule has 0 aliphatic carbocycles. The Kier molecular flexibility index (Phi) is 4.00. The monoisotopic (exact) mass is 322 g/mol. The molecule has 0 spiro atoms. The van der Waals surface area contributed by atoms with Crippen molar-refractivity contribution in [3.63, 3.8) is 0 Å². The van der Waals surface area contributed by atoms with E-state index in [1.54, 1.807) is 42.5 Å². The van der Waals surface area contributed by atoms with E-state index in [-0.39, 0.29) is 5.91 Å². The summed E-state index contributed by atoms with van der Waals surface area (Å²) in [5.74, 6) is 0.243. The minimum atomic E-state index is -0.968. The first-order chi connectivity index (χ1) is 11.4. The molecule has 0 saturated carbocycles. The molecule has 1 heterocycles. The second kappa shape index (κ2) is 5.99. The highest BCUT2D eigenvalue weighted by Crippen LogP contribution is 2.40. The average molecular weight is 322 g/mol. The zero-order valence-corrected chi connectivity index (χ0v) is 13.5.